The van der Waals surface area contributed by atoms with E-state index in [1.807, 2.05) is 0 Å². The van der Waals surface area contributed by atoms with Crippen molar-refractivity contribution in [3.63, 3.8) is 0 Å². The van der Waals surface area contributed by atoms with E-state index < -0.39 is 5.60 Å². The third kappa shape index (κ3) is 1.51. The molecule has 0 radical (unpaired) electrons. The lowest BCUT2D eigenvalue weighted by Gasteiger charge is -2.15. The van der Waals surface area contributed by atoms with E-state index in [9.17, 15) is 5.11 Å². The van der Waals surface area contributed by atoms with Gasteiger partial charge in [-0.2, -0.15) is 0 Å². The van der Waals surface area contributed by atoms with Crippen molar-refractivity contribution in [1.82, 2.24) is 0 Å². The van der Waals surface area contributed by atoms with Crippen LogP contribution in [-0.2, 0) is 5.60 Å². The van der Waals surface area contributed by atoms with Crippen LogP contribution in [0.15, 0.2) is 28.9 Å². The summed E-state index contributed by atoms with van der Waals surface area (Å²) in [7, 11) is 0. The topological polar surface area (TPSA) is 33.4 Å². The molecule has 0 amide bonds. The van der Waals surface area contributed by atoms with Crippen molar-refractivity contribution in [2.45, 2.75) is 19.4 Å². The summed E-state index contributed by atoms with van der Waals surface area (Å²) in [5, 5.41) is 11.4. The molecule has 0 atom stereocenters. The molecule has 0 fully saturated rings. The molecule has 14 heavy (non-hydrogen) atoms. The van der Waals surface area contributed by atoms with Gasteiger partial charge >= 0.3 is 0 Å². The first-order chi connectivity index (χ1) is 6.48. The number of fused-ring (bicyclic) bond motifs is 1. The third-order valence-electron chi connectivity index (χ3n) is 2.19. The van der Waals surface area contributed by atoms with Crippen LogP contribution in [0.3, 0.4) is 0 Å². The molecule has 2 nitrogen and oxygen atoms in total. The smallest absolute Gasteiger partial charge is 0.134 e. The van der Waals surface area contributed by atoms with Crippen LogP contribution >= 0.6 is 11.6 Å². The van der Waals surface area contributed by atoms with Crippen LogP contribution in [0.25, 0.3) is 11.0 Å². The van der Waals surface area contributed by atoms with E-state index in [4.69, 9.17) is 16.0 Å². The molecule has 1 aromatic carbocycles. The number of benzene rings is 1. The summed E-state index contributed by atoms with van der Waals surface area (Å²) < 4.78 is 5.31. The van der Waals surface area contributed by atoms with Gasteiger partial charge in [0.2, 0.25) is 0 Å². The molecule has 1 aromatic heterocycles. The fourth-order valence-electron chi connectivity index (χ4n) is 1.48. The van der Waals surface area contributed by atoms with Gasteiger partial charge in [-0.05, 0) is 32.0 Å². The number of halogens is 1. The molecule has 0 saturated heterocycles. The highest BCUT2D eigenvalue weighted by Gasteiger charge is 2.21. The standard InChI is InChI=1S/C11H11ClO2/c1-11(2,13)9-6-14-10-4-3-7(12)5-8(9)10/h3-6,13H,1-2H3. The molecule has 1 heterocycles. The van der Waals surface area contributed by atoms with Gasteiger partial charge < -0.3 is 9.52 Å². The number of hydrogen-bond donors (Lipinski definition) is 1. The highest BCUT2D eigenvalue weighted by atomic mass is 35.5. The SMILES string of the molecule is CC(C)(O)c1coc2ccc(Cl)cc12. The molecule has 74 valence electrons. The summed E-state index contributed by atoms with van der Waals surface area (Å²) in [6, 6.07) is 5.36. The fourth-order valence-corrected chi connectivity index (χ4v) is 1.65. The van der Waals surface area contributed by atoms with Crippen LogP contribution in [0, 0.1) is 0 Å². The Hall–Kier alpha value is -0.990. The zero-order valence-corrected chi connectivity index (χ0v) is 8.80. The maximum Gasteiger partial charge on any atom is 0.134 e. The molecule has 2 rings (SSSR count). The Kier molecular flexibility index (Phi) is 2.05. The zero-order chi connectivity index (χ0) is 10.3. The average molecular weight is 211 g/mol. The normalized spacial score (nSPS) is 12.3. The number of aliphatic hydroxyl groups is 1. The van der Waals surface area contributed by atoms with Crippen LogP contribution in [0.1, 0.15) is 19.4 Å². The number of rotatable bonds is 1. The molecule has 0 aliphatic rings. The van der Waals surface area contributed by atoms with Crippen LogP contribution in [0.2, 0.25) is 5.02 Å². The van der Waals surface area contributed by atoms with E-state index in [1.54, 1.807) is 38.3 Å². The van der Waals surface area contributed by atoms with Gasteiger partial charge in [0.1, 0.15) is 5.58 Å². The maximum atomic E-state index is 9.86. The Balaban J connectivity index is 2.73. The van der Waals surface area contributed by atoms with Crippen molar-refractivity contribution in [2.75, 3.05) is 0 Å². The van der Waals surface area contributed by atoms with Crippen molar-refractivity contribution in [3.8, 4) is 0 Å². The Morgan fingerprint density at radius 1 is 1.36 bits per heavy atom. The van der Waals surface area contributed by atoms with Crippen molar-refractivity contribution in [3.05, 3.63) is 35.0 Å². The van der Waals surface area contributed by atoms with E-state index in [0.717, 1.165) is 16.5 Å². The Morgan fingerprint density at radius 2 is 2.07 bits per heavy atom. The summed E-state index contributed by atoms with van der Waals surface area (Å²) in [6.07, 6.45) is 1.57. The minimum atomic E-state index is -0.907. The number of furan rings is 1. The van der Waals surface area contributed by atoms with Gasteiger partial charge in [0.05, 0.1) is 11.9 Å². The number of hydrogen-bond acceptors (Lipinski definition) is 2. The minimum Gasteiger partial charge on any atom is -0.464 e. The predicted molar refractivity (Wildman–Crippen MR) is 56.5 cm³/mol. The quantitative estimate of drug-likeness (QED) is 0.784. The lowest BCUT2D eigenvalue weighted by Crippen LogP contribution is -2.14. The minimum absolute atomic E-state index is 0.643. The first-order valence-corrected chi connectivity index (χ1v) is 4.76. The summed E-state index contributed by atoms with van der Waals surface area (Å²) in [6.45, 7) is 3.44. The van der Waals surface area contributed by atoms with Crippen molar-refractivity contribution in [1.29, 1.82) is 0 Å². The molecular formula is C11H11ClO2. The largest absolute Gasteiger partial charge is 0.464 e. The van der Waals surface area contributed by atoms with Crippen LogP contribution in [-0.4, -0.2) is 5.11 Å². The van der Waals surface area contributed by atoms with Gasteiger partial charge in [-0.1, -0.05) is 11.6 Å². The van der Waals surface area contributed by atoms with Gasteiger partial charge in [0, 0.05) is 16.0 Å². The highest BCUT2D eigenvalue weighted by molar-refractivity contribution is 6.31. The Bertz CT molecular complexity index is 466. The first kappa shape index (κ1) is 9.56. The molecule has 0 aliphatic carbocycles. The van der Waals surface area contributed by atoms with Gasteiger partial charge in [0.15, 0.2) is 0 Å². The Morgan fingerprint density at radius 3 is 2.71 bits per heavy atom. The van der Waals surface area contributed by atoms with Crippen molar-refractivity contribution < 1.29 is 9.52 Å². The Labute approximate surface area is 87.1 Å². The first-order valence-electron chi connectivity index (χ1n) is 4.38. The second-order valence-electron chi connectivity index (χ2n) is 3.85. The predicted octanol–water partition coefficient (Wildman–Crippen LogP) is 3.31. The van der Waals surface area contributed by atoms with E-state index in [1.165, 1.54) is 0 Å². The monoisotopic (exact) mass is 210 g/mol. The molecule has 0 bridgehead atoms. The zero-order valence-electron chi connectivity index (χ0n) is 8.04. The summed E-state index contributed by atoms with van der Waals surface area (Å²) in [4.78, 5) is 0. The third-order valence-corrected chi connectivity index (χ3v) is 2.43. The molecule has 0 unspecified atom stereocenters. The summed E-state index contributed by atoms with van der Waals surface area (Å²) in [5.74, 6) is 0. The van der Waals surface area contributed by atoms with Gasteiger partial charge in [0.25, 0.3) is 0 Å². The second kappa shape index (κ2) is 3.01. The molecule has 1 N–H and O–H groups in total. The molecule has 2 aromatic rings. The van der Waals surface area contributed by atoms with Crippen molar-refractivity contribution in [2.24, 2.45) is 0 Å². The van der Waals surface area contributed by atoms with E-state index in [-0.39, 0.29) is 0 Å². The molecule has 0 saturated carbocycles. The van der Waals surface area contributed by atoms with E-state index >= 15 is 0 Å². The van der Waals surface area contributed by atoms with Crippen molar-refractivity contribution >= 4 is 22.6 Å². The molecular weight excluding hydrogens is 200 g/mol. The molecule has 3 heteroatoms. The summed E-state index contributed by atoms with van der Waals surface area (Å²) >= 11 is 5.87. The van der Waals surface area contributed by atoms with Crippen LogP contribution in [0.5, 0.6) is 0 Å². The van der Waals surface area contributed by atoms with Crippen LogP contribution in [0.4, 0.5) is 0 Å². The van der Waals surface area contributed by atoms with Gasteiger partial charge in [-0.25, -0.2) is 0 Å². The van der Waals surface area contributed by atoms with E-state index in [0.29, 0.717) is 5.02 Å². The lowest BCUT2D eigenvalue weighted by atomic mass is 9.98. The average Bonchev–Trinajstić information content (AvgIpc) is 2.45. The second-order valence-corrected chi connectivity index (χ2v) is 4.29. The van der Waals surface area contributed by atoms with E-state index in [2.05, 4.69) is 0 Å². The summed E-state index contributed by atoms with van der Waals surface area (Å²) in [5.41, 5.74) is 0.595. The van der Waals surface area contributed by atoms with Gasteiger partial charge in [-0.15, -0.1) is 0 Å². The van der Waals surface area contributed by atoms with Gasteiger partial charge in [-0.3, -0.25) is 0 Å². The molecule has 0 aliphatic heterocycles. The molecule has 0 spiro atoms. The van der Waals surface area contributed by atoms with Crippen LogP contribution < -0.4 is 0 Å². The maximum absolute atomic E-state index is 9.86. The lowest BCUT2D eigenvalue weighted by molar-refractivity contribution is 0.0792. The fraction of sp³-hybridized carbons (Fsp3) is 0.273. The highest BCUT2D eigenvalue weighted by Crippen LogP contribution is 2.31.